The maximum atomic E-state index is 12.1. The van der Waals surface area contributed by atoms with Crippen LogP contribution in [0.15, 0.2) is 48.5 Å². The largest absolute Gasteiger partial charge is 0.469 e. The molecule has 0 aliphatic rings. The molecule has 0 saturated carbocycles. The number of unbranched alkanes of at least 4 members (excludes halogenated alkanes) is 3. The standard InChI is InChI=1S/C28H38O8S/c1-33-27(29)21-26(35-18-11-13-22-12-10-16-24(20-22)28(30)34-2)25-17-8-7-15-23(25)14-6-4-5-9-19-36-37(3,31)32/h7-8,10,12,15-17,20,26H,4-6,9,11,13-14,18-19,21H2,1-3H3. The molecule has 9 heteroatoms. The molecule has 0 heterocycles. The molecule has 0 saturated heterocycles. The van der Waals surface area contributed by atoms with Crippen LogP contribution in [0.25, 0.3) is 0 Å². The number of hydrogen-bond acceptors (Lipinski definition) is 8. The second-order valence-corrected chi connectivity index (χ2v) is 10.5. The summed E-state index contributed by atoms with van der Waals surface area (Å²) in [5.74, 6) is -0.702. The van der Waals surface area contributed by atoms with Crippen LogP contribution in [0.1, 0.15) is 71.7 Å². The lowest BCUT2D eigenvalue weighted by molar-refractivity contribution is -0.144. The van der Waals surface area contributed by atoms with Crippen LogP contribution in [-0.2, 0) is 46.1 Å². The van der Waals surface area contributed by atoms with Gasteiger partial charge in [0.05, 0.1) is 45.2 Å². The van der Waals surface area contributed by atoms with Gasteiger partial charge in [-0.1, -0.05) is 49.2 Å². The molecule has 8 nitrogen and oxygen atoms in total. The Bertz CT molecular complexity index is 1100. The number of aryl methyl sites for hydroxylation is 2. The minimum Gasteiger partial charge on any atom is -0.469 e. The van der Waals surface area contributed by atoms with Crippen molar-refractivity contribution in [2.75, 3.05) is 33.7 Å². The molecule has 2 aromatic carbocycles. The summed E-state index contributed by atoms with van der Waals surface area (Å²) >= 11 is 0. The minimum atomic E-state index is -3.39. The quantitative estimate of drug-likeness (QED) is 0.162. The Morgan fingerprint density at radius 1 is 0.838 bits per heavy atom. The maximum absolute atomic E-state index is 12.1. The maximum Gasteiger partial charge on any atom is 0.337 e. The summed E-state index contributed by atoms with van der Waals surface area (Å²) in [7, 11) is -0.661. The van der Waals surface area contributed by atoms with Gasteiger partial charge in [-0.2, -0.15) is 8.42 Å². The summed E-state index contributed by atoms with van der Waals surface area (Å²) in [4.78, 5) is 23.9. The Labute approximate surface area is 220 Å². The van der Waals surface area contributed by atoms with E-state index in [4.69, 9.17) is 18.4 Å². The number of rotatable bonds is 17. The van der Waals surface area contributed by atoms with Crippen molar-refractivity contribution >= 4 is 22.1 Å². The van der Waals surface area contributed by atoms with Crippen LogP contribution in [-0.4, -0.2) is 54.0 Å². The first-order valence-electron chi connectivity index (χ1n) is 12.5. The van der Waals surface area contributed by atoms with Crippen molar-refractivity contribution in [3.8, 4) is 0 Å². The second kappa shape index (κ2) is 16.2. The second-order valence-electron chi connectivity index (χ2n) is 8.82. The minimum absolute atomic E-state index is 0.119. The molecule has 0 aliphatic carbocycles. The third kappa shape index (κ3) is 11.9. The zero-order valence-corrected chi connectivity index (χ0v) is 22.8. The van der Waals surface area contributed by atoms with Gasteiger partial charge in [-0.3, -0.25) is 8.98 Å². The van der Waals surface area contributed by atoms with Gasteiger partial charge >= 0.3 is 11.9 Å². The molecule has 0 bridgehead atoms. The van der Waals surface area contributed by atoms with E-state index in [9.17, 15) is 18.0 Å². The molecule has 0 aliphatic heterocycles. The highest BCUT2D eigenvalue weighted by Crippen LogP contribution is 2.27. The van der Waals surface area contributed by atoms with Gasteiger partial charge in [0.15, 0.2) is 0 Å². The number of esters is 2. The van der Waals surface area contributed by atoms with Gasteiger partial charge in [-0.15, -0.1) is 0 Å². The molecule has 204 valence electrons. The molecule has 1 atom stereocenters. The van der Waals surface area contributed by atoms with Crippen molar-refractivity contribution in [1.82, 2.24) is 0 Å². The molecule has 0 radical (unpaired) electrons. The molecular weight excluding hydrogens is 496 g/mol. The van der Waals surface area contributed by atoms with Gasteiger partial charge in [-0.05, 0) is 60.9 Å². The zero-order chi connectivity index (χ0) is 27.1. The third-order valence-electron chi connectivity index (χ3n) is 5.90. The van der Waals surface area contributed by atoms with Crippen LogP contribution in [0.3, 0.4) is 0 Å². The number of carbonyl (C=O) groups is 2. The molecule has 0 spiro atoms. The Kier molecular flexibility index (Phi) is 13.3. The first-order chi connectivity index (χ1) is 17.7. The van der Waals surface area contributed by atoms with Crippen LogP contribution in [0, 0.1) is 0 Å². The first kappa shape index (κ1) is 30.5. The molecule has 0 amide bonds. The SMILES string of the molecule is COC(=O)CC(OCCCc1cccc(C(=O)OC)c1)c1ccccc1CCCCCCOS(C)(=O)=O. The number of hydrogen-bond donors (Lipinski definition) is 0. The molecule has 0 N–H and O–H groups in total. The van der Waals surface area contributed by atoms with E-state index in [0.29, 0.717) is 18.6 Å². The Hall–Kier alpha value is -2.75. The van der Waals surface area contributed by atoms with Crippen molar-refractivity contribution in [2.45, 2.75) is 57.5 Å². The number of carbonyl (C=O) groups excluding carboxylic acids is 2. The molecule has 1 unspecified atom stereocenters. The average Bonchev–Trinajstić information content (AvgIpc) is 2.89. The van der Waals surface area contributed by atoms with Crippen LogP contribution < -0.4 is 0 Å². The average molecular weight is 535 g/mol. The van der Waals surface area contributed by atoms with Crippen molar-refractivity contribution < 1.29 is 36.4 Å². The number of methoxy groups -OCH3 is 2. The van der Waals surface area contributed by atoms with Gasteiger partial charge < -0.3 is 14.2 Å². The van der Waals surface area contributed by atoms with Gasteiger partial charge in [0.1, 0.15) is 0 Å². The van der Waals surface area contributed by atoms with Crippen molar-refractivity contribution in [3.63, 3.8) is 0 Å². The van der Waals surface area contributed by atoms with Crippen molar-refractivity contribution in [1.29, 1.82) is 0 Å². The number of ether oxygens (including phenoxy) is 3. The molecule has 37 heavy (non-hydrogen) atoms. The summed E-state index contributed by atoms with van der Waals surface area (Å²) in [6, 6.07) is 15.3. The molecule has 0 fully saturated rings. The fourth-order valence-corrected chi connectivity index (χ4v) is 4.44. The van der Waals surface area contributed by atoms with E-state index in [1.165, 1.54) is 14.2 Å². The highest BCUT2D eigenvalue weighted by atomic mass is 32.2. The lowest BCUT2D eigenvalue weighted by atomic mass is 9.95. The van der Waals surface area contributed by atoms with E-state index in [1.54, 1.807) is 6.07 Å². The van der Waals surface area contributed by atoms with Gasteiger partial charge in [0.25, 0.3) is 10.1 Å². The van der Waals surface area contributed by atoms with E-state index in [0.717, 1.165) is 61.5 Å². The summed E-state index contributed by atoms with van der Waals surface area (Å²) in [5.41, 5.74) is 3.62. The smallest absolute Gasteiger partial charge is 0.337 e. The van der Waals surface area contributed by atoms with Gasteiger partial charge in [0.2, 0.25) is 0 Å². The van der Waals surface area contributed by atoms with E-state index < -0.39 is 16.2 Å². The summed E-state index contributed by atoms with van der Waals surface area (Å²) in [5, 5.41) is 0. The predicted molar refractivity (Wildman–Crippen MR) is 141 cm³/mol. The molecule has 0 aromatic heterocycles. The van der Waals surface area contributed by atoms with Crippen molar-refractivity contribution in [2.24, 2.45) is 0 Å². The highest BCUT2D eigenvalue weighted by Gasteiger charge is 2.20. The Balaban J connectivity index is 1.92. The summed E-state index contributed by atoms with van der Waals surface area (Å²) in [6.45, 7) is 0.649. The predicted octanol–water partition coefficient (Wildman–Crippen LogP) is 4.81. The molecule has 2 aromatic rings. The zero-order valence-electron chi connectivity index (χ0n) is 21.9. The number of benzene rings is 2. The van der Waals surface area contributed by atoms with Crippen molar-refractivity contribution in [3.05, 3.63) is 70.8 Å². The van der Waals surface area contributed by atoms with Gasteiger partial charge in [-0.25, -0.2) is 4.79 Å². The van der Waals surface area contributed by atoms with E-state index in [-0.39, 0.29) is 25.0 Å². The van der Waals surface area contributed by atoms with Crippen LogP contribution in [0.4, 0.5) is 0 Å². The third-order valence-corrected chi connectivity index (χ3v) is 6.49. The van der Waals surface area contributed by atoms with E-state index in [1.807, 2.05) is 42.5 Å². The summed E-state index contributed by atoms with van der Waals surface area (Å²) in [6.07, 6.45) is 6.44. The van der Waals surface area contributed by atoms with E-state index in [2.05, 4.69) is 0 Å². The summed E-state index contributed by atoms with van der Waals surface area (Å²) < 4.78 is 42.7. The lowest BCUT2D eigenvalue weighted by Gasteiger charge is -2.21. The monoisotopic (exact) mass is 534 g/mol. The lowest BCUT2D eigenvalue weighted by Crippen LogP contribution is -2.15. The fraction of sp³-hybridized carbons (Fsp3) is 0.500. The van der Waals surface area contributed by atoms with E-state index >= 15 is 0 Å². The van der Waals surface area contributed by atoms with Crippen LogP contribution in [0.5, 0.6) is 0 Å². The van der Waals surface area contributed by atoms with Crippen LogP contribution in [0.2, 0.25) is 0 Å². The van der Waals surface area contributed by atoms with Gasteiger partial charge in [0, 0.05) is 6.61 Å². The molecular formula is C28H38O8S. The Morgan fingerprint density at radius 2 is 1.59 bits per heavy atom. The normalized spacial score (nSPS) is 12.2. The topological polar surface area (TPSA) is 105 Å². The fourth-order valence-electron chi connectivity index (χ4n) is 4.02. The Morgan fingerprint density at radius 3 is 2.32 bits per heavy atom. The van der Waals surface area contributed by atoms with Crippen LogP contribution >= 0.6 is 0 Å². The molecule has 2 rings (SSSR count). The first-order valence-corrected chi connectivity index (χ1v) is 14.3. The highest BCUT2D eigenvalue weighted by molar-refractivity contribution is 7.85.